The highest BCUT2D eigenvalue weighted by Gasteiger charge is 2.21. The van der Waals surface area contributed by atoms with Crippen molar-refractivity contribution in [3.8, 4) is 11.1 Å². The summed E-state index contributed by atoms with van der Waals surface area (Å²) in [6.07, 6.45) is 1.97. The lowest BCUT2D eigenvalue weighted by atomic mass is 10.0. The lowest BCUT2D eigenvalue weighted by Crippen LogP contribution is -2.11. The number of fused-ring (bicyclic) bond motifs is 8. The Morgan fingerprint density at radius 1 is 0.465 bits per heavy atom. The fraction of sp³-hybridized carbons (Fsp3) is 0. The third kappa shape index (κ3) is 3.95. The number of nitrogens with zero attached hydrogens (tertiary/aromatic N) is 2. The van der Waals surface area contributed by atoms with E-state index in [0.29, 0.717) is 0 Å². The largest absolute Gasteiger partial charge is 0.294 e. The molecule has 3 heterocycles. The van der Waals surface area contributed by atoms with Gasteiger partial charge in [-0.1, -0.05) is 91.0 Å². The summed E-state index contributed by atoms with van der Waals surface area (Å²) in [5.41, 5.74) is 4.60. The quantitative estimate of drug-likeness (QED) is 0.205. The first-order valence-corrected chi connectivity index (χ1v) is 16.0. The first-order chi connectivity index (χ1) is 21.3. The van der Waals surface area contributed by atoms with Crippen molar-refractivity contribution in [2.75, 3.05) is 4.90 Å². The Labute approximate surface area is 256 Å². The Morgan fingerprint density at radius 2 is 1.16 bits per heavy atom. The van der Waals surface area contributed by atoms with E-state index in [2.05, 4.69) is 144 Å². The summed E-state index contributed by atoms with van der Waals surface area (Å²) in [7, 11) is 0. The molecule has 9 rings (SSSR count). The molecule has 2 nitrogen and oxygen atoms in total. The van der Waals surface area contributed by atoms with Crippen molar-refractivity contribution in [1.82, 2.24) is 4.98 Å². The third-order valence-corrected chi connectivity index (χ3v) is 10.6. The molecular formula is C39H24N2S2. The Bertz CT molecular complexity index is 2450. The van der Waals surface area contributed by atoms with Crippen LogP contribution in [-0.4, -0.2) is 4.98 Å². The van der Waals surface area contributed by atoms with Crippen LogP contribution in [0.25, 0.3) is 62.2 Å². The molecule has 9 aromatic rings. The molecule has 0 radical (unpaired) electrons. The lowest BCUT2D eigenvalue weighted by Gasteiger charge is -2.25. The molecule has 0 aliphatic heterocycles. The summed E-state index contributed by atoms with van der Waals surface area (Å²) >= 11 is 3.67. The van der Waals surface area contributed by atoms with Gasteiger partial charge in [-0.3, -0.25) is 4.90 Å². The number of hydrogen-bond acceptors (Lipinski definition) is 4. The van der Waals surface area contributed by atoms with E-state index in [9.17, 15) is 0 Å². The van der Waals surface area contributed by atoms with Crippen molar-refractivity contribution < 1.29 is 0 Å². The minimum absolute atomic E-state index is 0.953. The van der Waals surface area contributed by atoms with Crippen molar-refractivity contribution >= 4 is 91.0 Å². The fourth-order valence-corrected chi connectivity index (χ4v) is 8.58. The smallest absolute Gasteiger partial charge is 0.155 e. The van der Waals surface area contributed by atoms with Gasteiger partial charge in [0.15, 0.2) is 5.82 Å². The zero-order valence-corrected chi connectivity index (χ0v) is 24.7. The van der Waals surface area contributed by atoms with E-state index in [1.54, 1.807) is 0 Å². The van der Waals surface area contributed by atoms with Gasteiger partial charge in [0.2, 0.25) is 0 Å². The molecule has 0 aliphatic rings. The summed E-state index contributed by atoms with van der Waals surface area (Å²) in [5.74, 6) is 0.953. The third-order valence-electron chi connectivity index (χ3n) is 8.32. The minimum atomic E-state index is 0.953. The Balaban J connectivity index is 1.30. The topological polar surface area (TPSA) is 16.1 Å². The molecule has 0 unspecified atom stereocenters. The van der Waals surface area contributed by atoms with Crippen LogP contribution in [0, 0.1) is 0 Å². The molecule has 0 bridgehead atoms. The highest BCUT2D eigenvalue weighted by Crippen LogP contribution is 2.46. The molecule has 0 saturated heterocycles. The first-order valence-electron chi connectivity index (χ1n) is 14.4. The van der Waals surface area contributed by atoms with E-state index >= 15 is 0 Å². The maximum Gasteiger partial charge on any atom is 0.155 e. The molecule has 0 atom stereocenters. The normalized spacial score (nSPS) is 11.7. The molecule has 202 valence electrons. The number of aromatic nitrogens is 1. The Morgan fingerprint density at radius 3 is 2.05 bits per heavy atom. The maximum absolute atomic E-state index is 5.08. The minimum Gasteiger partial charge on any atom is -0.294 e. The Hall–Kier alpha value is -5.03. The van der Waals surface area contributed by atoms with Gasteiger partial charge < -0.3 is 0 Å². The van der Waals surface area contributed by atoms with Crippen molar-refractivity contribution in [3.05, 3.63) is 146 Å². The van der Waals surface area contributed by atoms with Crippen LogP contribution < -0.4 is 4.90 Å². The SMILES string of the molecule is c1ccc(-c2ccc(N(c3ccc4sc5ccccc5c4c3)c3nccc4c3sc3ccc5ccccc5c34)cc2)cc1. The molecule has 0 saturated carbocycles. The second kappa shape index (κ2) is 9.77. The van der Waals surface area contributed by atoms with E-state index in [1.807, 2.05) is 28.9 Å². The standard InChI is InChI=1S/C39H24N2S2/c1-2-8-25(9-3-1)26-14-17-28(18-15-26)41(29-19-21-35-33(24-29)31-12-6-7-13-34(31)42-35)39-38-32(22-23-40-39)37-30-11-5-4-10-27(30)16-20-36(37)43-38/h1-24H. The van der Waals surface area contributed by atoms with Crippen LogP contribution in [0.1, 0.15) is 0 Å². The van der Waals surface area contributed by atoms with Gasteiger partial charge in [0.25, 0.3) is 0 Å². The van der Waals surface area contributed by atoms with Crippen molar-refractivity contribution in [2.45, 2.75) is 0 Å². The number of pyridine rings is 1. The van der Waals surface area contributed by atoms with E-state index in [4.69, 9.17) is 4.98 Å². The number of thiophene rings is 2. The van der Waals surface area contributed by atoms with Crippen LogP contribution in [0.4, 0.5) is 17.2 Å². The van der Waals surface area contributed by atoms with Gasteiger partial charge in [-0.2, -0.15) is 0 Å². The maximum atomic E-state index is 5.08. The van der Waals surface area contributed by atoms with E-state index in [0.717, 1.165) is 17.2 Å². The van der Waals surface area contributed by atoms with Crippen LogP contribution in [0.3, 0.4) is 0 Å². The zero-order chi connectivity index (χ0) is 28.3. The summed E-state index contributed by atoms with van der Waals surface area (Å²) in [6, 6.07) is 50.3. The zero-order valence-electron chi connectivity index (χ0n) is 23.1. The summed E-state index contributed by atoms with van der Waals surface area (Å²) in [6.45, 7) is 0. The van der Waals surface area contributed by atoms with Crippen LogP contribution in [0.2, 0.25) is 0 Å². The molecular weight excluding hydrogens is 561 g/mol. The molecule has 3 aromatic heterocycles. The van der Waals surface area contributed by atoms with Crippen LogP contribution in [0.15, 0.2) is 146 Å². The molecule has 43 heavy (non-hydrogen) atoms. The van der Waals surface area contributed by atoms with Crippen LogP contribution in [-0.2, 0) is 0 Å². The monoisotopic (exact) mass is 584 g/mol. The molecule has 0 spiro atoms. The number of benzene rings is 6. The molecule has 0 fully saturated rings. The van der Waals surface area contributed by atoms with Crippen molar-refractivity contribution in [3.63, 3.8) is 0 Å². The molecule has 0 amide bonds. The number of rotatable bonds is 4. The number of hydrogen-bond donors (Lipinski definition) is 0. The number of anilines is 3. The Kier molecular flexibility index (Phi) is 5.58. The van der Waals surface area contributed by atoms with Gasteiger partial charge >= 0.3 is 0 Å². The molecule has 0 aliphatic carbocycles. The highest BCUT2D eigenvalue weighted by atomic mass is 32.1. The van der Waals surface area contributed by atoms with Crippen molar-refractivity contribution in [1.29, 1.82) is 0 Å². The second-order valence-electron chi connectivity index (χ2n) is 10.8. The van der Waals surface area contributed by atoms with Gasteiger partial charge in [-0.15, -0.1) is 22.7 Å². The van der Waals surface area contributed by atoms with Gasteiger partial charge in [0.1, 0.15) is 0 Å². The average Bonchev–Trinajstić information content (AvgIpc) is 3.65. The van der Waals surface area contributed by atoms with E-state index < -0.39 is 0 Å². The molecule has 0 N–H and O–H groups in total. The van der Waals surface area contributed by atoms with Gasteiger partial charge in [-0.05, 0) is 70.4 Å². The van der Waals surface area contributed by atoms with Gasteiger partial charge in [0, 0.05) is 53.2 Å². The van der Waals surface area contributed by atoms with Crippen molar-refractivity contribution in [2.24, 2.45) is 0 Å². The average molecular weight is 585 g/mol. The van der Waals surface area contributed by atoms with E-state index in [1.165, 1.54) is 62.2 Å². The molecule has 6 aromatic carbocycles. The first kappa shape index (κ1) is 24.6. The van der Waals surface area contributed by atoms with Crippen LogP contribution >= 0.6 is 22.7 Å². The van der Waals surface area contributed by atoms with E-state index in [-0.39, 0.29) is 0 Å². The molecule has 4 heteroatoms. The van der Waals surface area contributed by atoms with Gasteiger partial charge in [0.05, 0.1) is 4.70 Å². The van der Waals surface area contributed by atoms with Gasteiger partial charge in [-0.25, -0.2) is 4.98 Å². The highest BCUT2D eigenvalue weighted by molar-refractivity contribution is 7.26. The predicted molar refractivity (Wildman–Crippen MR) is 188 cm³/mol. The summed E-state index contributed by atoms with van der Waals surface area (Å²) in [5, 5.41) is 7.67. The summed E-state index contributed by atoms with van der Waals surface area (Å²) in [4.78, 5) is 7.42. The predicted octanol–water partition coefficient (Wildman–Crippen LogP) is 12.1. The second-order valence-corrected chi connectivity index (χ2v) is 12.9. The fourth-order valence-electron chi connectivity index (χ4n) is 6.30. The summed E-state index contributed by atoms with van der Waals surface area (Å²) < 4.78 is 5.08. The van der Waals surface area contributed by atoms with Crippen LogP contribution in [0.5, 0.6) is 0 Å². The lowest BCUT2D eigenvalue weighted by molar-refractivity contribution is 1.21.